The van der Waals surface area contributed by atoms with E-state index in [9.17, 15) is 19.5 Å². The lowest BCUT2D eigenvalue weighted by atomic mass is 9.83. The van der Waals surface area contributed by atoms with Gasteiger partial charge in [0, 0.05) is 6.04 Å². The molecule has 3 rings (SSSR count). The number of benzene rings is 3. The van der Waals surface area contributed by atoms with Crippen molar-refractivity contribution in [3.63, 3.8) is 0 Å². The van der Waals surface area contributed by atoms with Crippen molar-refractivity contribution in [2.75, 3.05) is 13.4 Å². The van der Waals surface area contributed by atoms with Crippen molar-refractivity contribution in [2.45, 2.75) is 52.3 Å². The number of alkyl carbamates (subject to hydrolysis) is 1. The van der Waals surface area contributed by atoms with Crippen LogP contribution in [0.1, 0.15) is 38.3 Å². The summed E-state index contributed by atoms with van der Waals surface area (Å²) in [5.74, 6) is -1.85. The molecule has 3 aromatic carbocycles. The predicted octanol–water partition coefficient (Wildman–Crippen LogP) is 4.61. The lowest BCUT2D eigenvalue weighted by Crippen LogP contribution is -2.46. The molecule has 3 aromatic rings. The summed E-state index contributed by atoms with van der Waals surface area (Å²) in [5.41, 5.74) is 9.06. The summed E-state index contributed by atoms with van der Waals surface area (Å²) in [6, 6.07) is 25.7. The number of aliphatic hydroxyl groups excluding tert-OH is 1. The Morgan fingerprint density at radius 1 is 0.833 bits per heavy atom. The van der Waals surface area contributed by atoms with Gasteiger partial charge in [-0.2, -0.15) is 0 Å². The second kappa shape index (κ2) is 15.7. The Morgan fingerprint density at radius 2 is 1.43 bits per heavy atom. The number of esters is 2. The quantitative estimate of drug-likeness (QED) is 0.187. The van der Waals surface area contributed by atoms with Crippen LogP contribution in [-0.4, -0.2) is 48.6 Å². The average molecular weight is 577 g/mol. The second-order valence-electron chi connectivity index (χ2n) is 10.9. The van der Waals surface area contributed by atoms with Crippen molar-refractivity contribution in [2.24, 2.45) is 17.1 Å². The molecule has 0 aliphatic carbocycles. The Kier molecular flexibility index (Phi) is 12.1. The van der Waals surface area contributed by atoms with E-state index in [2.05, 4.69) is 5.32 Å². The molecule has 224 valence electrons. The third kappa shape index (κ3) is 9.71. The molecule has 0 unspecified atom stereocenters. The summed E-state index contributed by atoms with van der Waals surface area (Å²) in [5, 5.41) is 12.5. The molecule has 4 N–H and O–H groups in total. The second-order valence-corrected chi connectivity index (χ2v) is 10.9. The number of carbonyl (C=O) groups is 3. The molecule has 0 aliphatic rings. The van der Waals surface area contributed by atoms with E-state index >= 15 is 0 Å². The smallest absolute Gasteiger partial charge is 0.408 e. The molecule has 0 saturated carbocycles. The van der Waals surface area contributed by atoms with Crippen LogP contribution < -0.4 is 11.1 Å². The molecule has 1 amide bonds. The Hall–Kier alpha value is -4.21. The lowest BCUT2D eigenvalue weighted by Gasteiger charge is -2.28. The first-order valence-electron chi connectivity index (χ1n) is 13.9. The lowest BCUT2D eigenvalue weighted by molar-refractivity contribution is -0.178. The van der Waals surface area contributed by atoms with Gasteiger partial charge >= 0.3 is 18.0 Å². The van der Waals surface area contributed by atoms with Gasteiger partial charge in [0.2, 0.25) is 6.79 Å². The summed E-state index contributed by atoms with van der Waals surface area (Å²) in [7, 11) is 0. The minimum Gasteiger partial charge on any atom is -0.445 e. The standard InChI is InChI=1S/C33H40N2O7/c1-23(2)29(35-32(39)40-20-25-10-6-4-7-11-25)30(37)41-22-42-31(38)33(3,21-36)19-28(34)18-24-14-16-27(17-15-24)26-12-8-5-9-13-26/h4-17,23,28-29,36H,18-22,34H2,1-3H3,(H,35,39)/t28-,29+,33+/m1/s1. The first kappa shape index (κ1) is 32.3. The Labute approximate surface area is 247 Å². The van der Waals surface area contributed by atoms with Gasteiger partial charge in [0.05, 0.1) is 12.0 Å². The number of amides is 1. The van der Waals surface area contributed by atoms with Crippen LogP contribution in [-0.2, 0) is 36.8 Å². The highest BCUT2D eigenvalue weighted by Gasteiger charge is 2.37. The minimum atomic E-state index is -1.30. The fourth-order valence-corrected chi connectivity index (χ4v) is 4.42. The largest absolute Gasteiger partial charge is 0.445 e. The number of aliphatic hydroxyl groups is 1. The van der Waals surface area contributed by atoms with Crippen molar-refractivity contribution in [1.29, 1.82) is 0 Å². The monoisotopic (exact) mass is 576 g/mol. The molecule has 0 saturated heterocycles. The van der Waals surface area contributed by atoms with Crippen molar-refractivity contribution >= 4 is 18.0 Å². The number of carbonyl (C=O) groups excluding carboxylic acids is 3. The van der Waals surface area contributed by atoms with Gasteiger partial charge in [-0.05, 0) is 47.9 Å². The molecule has 3 atom stereocenters. The van der Waals surface area contributed by atoms with Crippen molar-refractivity contribution < 1.29 is 33.7 Å². The molecule has 9 nitrogen and oxygen atoms in total. The van der Waals surface area contributed by atoms with Crippen LogP contribution >= 0.6 is 0 Å². The molecule has 0 heterocycles. The van der Waals surface area contributed by atoms with Gasteiger partial charge in [0.15, 0.2) is 0 Å². The highest BCUT2D eigenvalue weighted by molar-refractivity contribution is 5.82. The van der Waals surface area contributed by atoms with Gasteiger partial charge in [0.25, 0.3) is 0 Å². The first-order valence-corrected chi connectivity index (χ1v) is 13.9. The highest BCUT2D eigenvalue weighted by Crippen LogP contribution is 2.26. The summed E-state index contributed by atoms with van der Waals surface area (Å²) >= 11 is 0. The van der Waals surface area contributed by atoms with E-state index in [1.807, 2.05) is 84.9 Å². The molecule has 0 fully saturated rings. The van der Waals surface area contributed by atoms with Crippen LogP contribution in [0.25, 0.3) is 11.1 Å². The van der Waals surface area contributed by atoms with Gasteiger partial charge in [0.1, 0.15) is 12.6 Å². The van der Waals surface area contributed by atoms with E-state index in [1.165, 1.54) is 0 Å². The van der Waals surface area contributed by atoms with Crippen LogP contribution in [0.5, 0.6) is 0 Å². The van der Waals surface area contributed by atoms with Crippen molar-refractivity contribution in [1.82, 2.24) is 5.32 Å². The van der Waals surface area contributed by atoms with Gasteiger partial charge in [-0.3, -0.25) is 4.79 Å². The molecule has 42 heavy (non-hydrogen) atoms. The normalized spacial score (nSPS) is 13.9. The number of rotatable bonds is 14. The van der Waals surface area contributed by atoms with Gasteiger partial charge in [-0.1, -0.05) is 98.8 Å². The van der Waals surface area contributed by atoms with Crippen LogP contribution in [0.15, 0.2) is 84.9 Å². The fraction of sp³-hybridized carbons (Fsp3) is 0.364. The third-order valence-electron chi connectivity index (χ3n) is 6.91. The van der Waals surface area contributed by atoms with Gasteiger partial charge in [-0.15, -0.1) is 0 Å². The molecule has 0 aliphatic heterocycles. The van der Waals surface area contributed by atoms with Gasteiger partial charge < -0.3 is 30.4 Å². The molecule has 0 spiro atoms. The zero-order chi connectivity index (χ0) is 30.5. The zero-order valence-electron chi connectivity index (χ0n) is 24.3. The molecular weight excluding hydrogens is 536 g/mol. The summed E-state index contributed by atoms with van der Waals surface area (Å²) in [4.78, 5) is 37.7. The maximum atomic E-state index is 12.8. The SMILES string of the molecule is CC(C)[C@H](NC(=O)OCc1ccccc1)C(=O)OCOC(=O)[C@](C)(CO)C[C@H](N)Cc1ccc(-c2ccccc2)cc1. The number of hydrogen-bond acceptors (Lipinski definition) is 8. The molecule has 0 aromatic heterocycles. The summed E-state index contributed by atoms with van der Waals surface area (Å²) in [6.07, 6.45) is -0.127. The Balaban J connectivity index is 1.46. The number of hydrogen-bond donors (Lipinski definition) is 3. The molecular formula is C33H40N2O7. The van der Waals surface area contributed by atoms with Crippen molar-refractivity contribution in [3.8, 4) is 11.1 Å². The third-order valence-corrected chi connectivity index (χ3v) is 6.91. The van der Waals surface area contributed by atoms with Crippen LogP contribution in [0.3, 0.4) is 0 Å². The average Bonchev–Trinajstić information content (AvgIpc) is 2.99. The molecule has 0 bridgehead atoms. The Bertz CT molecular complexity index is 1280. The van der Waals surface area contributed by atoms with Gasteiger partial charge in [-0.25, -0.2) is 9.59 Å². The fourth-order valence-electron chi connectivity index (χ4n) is 4.42. The first-order chi connectivity index (χ1) is 20.1. The predicted molar refractivity (Wildman–Crippen MR) is 159 cm³/mol. The van der Waals surface area contributed by atoms with Crippen LogP contribution in [0.4, 0.5) is 4.79 Å². The van der Waals surface area contributed by atoms with E-state index in [1.54, 1.807) is 20.8 Å². The number of nitrogens with one attached hydrogen (secondary N) is 1. The topological polar surface area (TPSA) is 137 Å². The van der Waals surface area contributed by atoms with E-state index in [-0.39, 0.29) is 18.9 Å². The maximum absolute atomic E-state index is 12.8. The number of nitrogens with two attached hydrogens (primary N) is 1. The van der Waals surface area contributed by atoms with Crippen LogP contribution in [0, 0.1) is 11.3 Å². The van der Waals surface area contributed by atoms with E-state index < -0.39 is 48.9 Å². The van der Waals surface area contributed by atoms with Crippen LogP contribution in [0.2, 0.25) is 0 Å². The molecule has 0 radical (unpaired) electrons. The van der Waals surface area contributed by atoms with Crippen molar-refractivity contribution in [3.05, 3.63) is 96.1 Å². The molecule has 9 heteroatoms. The van der Waals surface area contributed by atoms with E-state index in [0.717, 1.165) is 22.3 Å². The van der Waals surface area contributed by atoms with E-state index in [4.69, 9.17) is 19.9 Å². The summed E-state index contributed by atoms with van der Waals surface area (Å²) in [6.45, 7) is 3.89. The zero-order valence-corrected chi connectivity index (χ0v) is 24.3. The number of ether oxygens (including phenoxy) is 3. The highest BCUT2D eigenvalue weighted by atomic mass is 16.7. The van der Waals surface area contributed by atoms with E-state index in [0.29, 0.717) is 6.42 Å². The summed E-state index contributed by atoms with van der Waals surface area (Å²) < 4.78 is 15.5. The maximum Gasteiger partial charge on any atom is 0.408 e. The minimum absolute atomic E-state index is 0.0467. The Morgan fingerprint density at radius 3 is 2.02 bits per heavy atom.